The van der Waals surface area contributed by atoms with E-state index in [0.29, 0.717) is 16.3 Å². The van der Waals surface area contributed by atoms with Crippen molar-refractivity contribution in [3.8, 4) is 23.0 Å². The van der Waals surface area contributed by atoms with Gasteiger partial charge in [0.1, 0.15) is 5.82 Å². The first-order chi connectivity index (χ1) is 15.5. The maximum Gasteiger partial charge on any atom is 0.159 e. The lowest BCUT2D eigenvalue weighted by Crippen LogP contribution is -1.88. The summed E-state index contributed by atoms with van der Waals surface area (Å²) in [4.78, 5) is 0. The number of hydrogen-bond donors (Lipinski definition) is 0. The first-order valence-electron chi connectivity index (χ1n) is 10.8. The highest BCUT2D eigenvalue weighted by Crippen LogP contribution is 2.23. The number of halogens is 3. The molecule has 0 saturated heterocycles. The summed E-state index contributed by atoms with van der Waals surface area (Å²) in [6, 6.07) is 20.6. The lowest BCUT2D eigenvalue weighted by atomic mass is 10.00. The molecule has 0 bridgehead atoms. The van der Waals surface area contributed by atoms with Crippen molar-refractivity contribution in [2.75, 3.05) is 0 Å². The predicted molar refractivity (Wildman–Crippen MR) is 125 cm³/mol. The largest absolute Gasteiger partial charge is 0.206 e. The minimum Gasteiger partial charge on any atom is -0.206 e. The van der Waals surface area contributed by atoms with Crippen molar-refractivity contribution in [3.63, 3.8) is 0 Å². The highest BCUT2D eigenvalue weighted by atomic mass is 19.2. The van der Waals surface area contributed by atoms with Crippen LogP contribution in [0.1, 0.15) is 42.9 Å². The van der Waals surface area contributed by atoms with E-state index >= 15 is 0 Å². The molecule has 0 radical (unpaired) electrons. The molecule has 0 aliphatic rings. The van der Waals surface area contributed by atoms with Crippen LogP contribution in [0.25, 0.3) is 21.9 Å². The van der Waals surface area contributed by atoms with E-state index in [1.165, 1.54) is 30.9 Å². The second kappa shape index (κ2) is 9.75. The Morgan fingerprint density at radius 1 is 0.625 bits per heavy atom. The van der Waals surface area contributed by atoms with Gasteiger partial charge in [-0.2, -0.15) is 0 Å². The Labute approximate surface area is 186 Å². The summed E-state index contributed by atoms with van der Waals surface area (Å²) >= 11 is 0. The van der Waals surface area contributed by atoms with Crippen molar-refractivity contribution in [3.05, 3.63) is 107 Å². The first kappa shape index (κ1) is 21.7. The fraction of sp³-hybridized carbons (Fsp3) is 0.172. The molecule has 0 fully saturated rings. The van der Waals surface area contributed by atoms with Gasteiger partial charge in [0.25, 0.3) is 0 Å². The van der Waals surface area contributed by atoms with Crippen LogP contribution in [0.4, 0.5) is 13.2 Å². The molecule has 0 amide bonds. The monoisotopic (exact) mass is 428 g/mol. The minimum absolute atomic E-state index is 0.287. The van der Waals surface area contributed by atoms with Gasteiger partial charge >= 0.3 is 0 Å². The predicted octanol–water partition coefficient (Wildman–Crippen LogP) is 8.06. The first-order valence-corrected chi connectivity index (χ1v) is 10.8. The van der Waals surface area contributed by atoms with Crippen molar-refractivity contribution < 1.29 is 13.2 Å². The van der Waals surface area contributed by atoms with E-state index in [1.54, 1.807) is 24.3 Å². The van der Waals surface area contributed by atoms with Gasteiger partial charge in [-0.3, -0.25) is 0 Å². The summed E-state index contributed by atoms with van der Waals surface area (Å²) in [7, 11) is 0. The van der Waals surface area contributed by atoms with Gasteiger partial charge in [-0.05, 0) is 76.7 Å². The molecule has 4 aromatic rings. The maximum absolute atomic E-state index is 14.7. The van der Waals surface area contributed by atoms with Crippen molar-refractivity contribution in [2.45, 2.75) is 32.6 Å². The third kappa shape index (κ3) is 5.03. The van der Waals surface area contributed by atoms with Crippen LogP contribution in [0.5, 0.6) is 0 Å². The zero-order chi connectivity index (χ0) is 22.5. The van der Waals surface area contributed by atoms with E-state index in [4.69, 9.17) is 0 Å². The van der Waals surface area contributed by atoms with Crippen LogP contribution in [-0.4, -0.2) is 0 Å². The number of rotatable bonds is 5. The van der Waals surface area contributed by atoms with Crippen molar-refractivity contribution in [2.24, 2.45) is 0 Å². The van der Waals surface area contributed by atoms with Gasteiger partial charge in [0, 0.05) is 5.56 Å². The quantitative estimate of drug-likeness (QED) is 0.223. The second-order valence-electron chi connectivity index (χ2n) is 7.93. The van der Waals surface area contributed by atoms with Gasteiger partial charge in [0.2, 0.25) is 0 Å². The van der Waals surface area contributed by atoms with Gasteiger partial charge in [-0.25, -0.2) is 13.2 Å². The second-order valence-corrected chi connectivity index (χ2v) is 7.93. The van der Waals surface area contributed by atoms with E-state index in [1.807, 2.05) is 18.2 Å². The summed E-state index contributed by atoms with van der Waals surface area (Å²) in [5.41, 5.74) is 3.95. The van der Waals surface area contributed by atoms with E-state index < -0.39 is 17.5 Å². The molecule has 0 saturated carbocycles. The third-order valence-electron chi connectivity index (χ3n) is 5.55. The molecule has 0 aliphatic carbocycles. The molecule has 0 atom stereocenters. The average molecular weight is 428 g/mol. The molecule has 0 N–H and O–H groups in total. The summed E-state index contributed by atoms with van der Waals surface area (Å²) < 4.78 is 41.5. The van der Waals surface area contributed by atoms with E-state index in [2.05, 4.69) is 30.9 Å². The van der Waals surface area contributed by atoms with Crippen molar-refractivity contribution in [1.82, 2.24) is 0 Å². The van der Waals surface area contributed by atoms with Crippen LogP contribution in [-0.2, 0) is 6.42 Å². The summed E-state index contributed by atoms with van der Waals surface area (Å²) in [6.45, 7) is 2.19. The fourth-order valence-electron chi connectivity index (χ4n) is 3.70. The number of unbranched alkanes of at least 4 members (excludes halogenated alkanes) is 2. The number of benzene rings is 4. The molecular weight excluding hydrogens is 405 g/mol. The molecule has 0 heterocycles. The Kier molecular flexibility index (Phi) is 6.61. The molecule has 4 rings (SSSR count). The number of fused-ring (bicyclic) bond motifs is 1. The molecule has 32 heavy (non-hydrogen) atoms. The van der Waals surface area contributed by atoms with Crippen LogP contribution < -0.4 is 0 Å². The Bertz CT molecular complexity index is 1310. The van der Waals surface area contributed by atoms with Gasteiger partial charge < -0.3 is 0 Å². The zero-order valence-electron chi connectivity index (χ0n) is 17.9. The van der Waals surface area contributed by atoms with E-state index in [-0.39, 0.29) is 5.56 Å². The van der Waals surface area contributed by atoms with Gasteiger partial charge in [-0.15, -0.1) is 0 Å². The smallest absolute Gasteiger partial charge is 0.159 e. The van der Waals surface area contributed by atoms with Gasteiger partial charge in [0.05, 0.1) is 5.56 Å². The highest BCUT2D eigenvalue weighted by molar-refractivity contribution is 5.84. The van der Waals surface area contributed by atoms with Gasteiger partial charge in [-0.1, -0.05) is 68.0 Å². The molecular formula is C29H23F3. The Morgan fingerprint density at radius 2 is 1.34 bits per heavy atom. The van der Waals surface area contributed by atoms with Crippen LogP contribution in [0, 0.1) is 29.3 Å². The normalized spacial score (nSPS) is 10.8. The maximum atomic E-state index is 14.7. The topological polar surface area (TPSA) is 0 Å². The third-order valence-corrected chi connectivity index (χ3v) is 5.55. The van der Waals surface area contributed by atoms with Gasteiger partial charge in [0.15, 0.2) is 11.6 Å². The van der Waals surface area contributed by atoms with Crippen LogP contribution >= 0.6 is 0 Å². The average Bonchev–Trinajstić information content (AvgIpc) is 2.80. The standard InChI is InChI=1S/C29H23F3/c1-2-3-4-5-20-6-10-22(11-7-20)24-15-14-23(27(30)17-24)12-8-21-9-13-25-18-28(31)29(32)19-26(25)16-21/h6-7,9-11,13-19H,2-5H2,1H3. The Morgan fingerprint density at radius 3 is 2.06 bits per heavy atom. The number of hydrogen-bond acceptors (Lipinski definition) is 0. The molecule has 0 aliphatic heterocycles. The van der Waals surface area contributed by atoms with Crippen LogP contribution in [0.2, 0.25) is 0 Å². The fourth-order valence-corrected chi connectivity index (χ4v) is 3.70. The number of aryl methyl sites for hydroxylation is 1. The molecule has 0 unspecified atom stereocenters. The summed E-state index contributed by atoms with van der Waals surface area (Å²) in [5.74, 6) is 3.57. The van der Waals surface area contributed by atoms with E-state index in [9.17, 15) is 13.2 Å². The van der Waals surface area contributed by atoms with E-state index in [0.717, 1.165) is 29.7 Å². The molecule has 0 nitrogen and oxygen atoms in total. The molecule has 4 aromatic carbocycles. The van der Waals surface area contributed by atoms with Crippen LogP contribution in [0.3, 0.4) is 0 Å². The highest BCUT2D eigenvalue weighted by Gasteiger charge is 2.06. The van der Waals surface area contributed by atoms with Crippen molar-refractivity contribution >= 4 is 10.8 Å². The Hall–Kier alpha value is -3.51. The van der Waals surface area contributed by atoms with Crippen molar-refractivity contribution in [1.29, 1.82) is 0 Å². The molecule has 160 valence electrons. The molecule has 0 spiro atoms. The zero-order valence-corrected chi connectivity index (χ0v) is 17.9. The Balaban J connectivity index is 1.53. The lowest BCUT2D eigenvalue weighted by Gasteiger charge is -2.06. The SMILES string of the molecule is CCCCCc1ccc(-c2ccc(C#Cc3ccc4cc(F)c(F)cc4c3)c(F)c2)cc1. The molecule has 0 aromatic heterocycles. The minimum atomic E-state index is -0.904. The summed E-state index contributed by atoms with van der Waals surface area (Å²) in [6.07, 6.45) is 4.67. The molecule has 3 heteroatoms. The lowest BCUT2D eigenvalue weighted by molar-refractivity contribution is 0.511. The van der Waals surface area contributed by atoms with Crippen LogP contribution in [0.15, 0.2) is 72.8 Å². The summed E-state index contributed by atoms with van der Waals surface area (Å²) in [5, 5.41) is 1.13.